The van der Waals surface area contributed by atoms with E-state index in [1.807, 2.05) is 0 Å². The van der Waals surface area contributed by atoms with E-state index in [0.29, 0.717) is 0 Å². The lowest BCUT2D eigenvalue weighted by atomic mass is 10.6. The third-order valence-electron chi connectivity index (χ3n) is 1.10. The lowest BCUT2D eigenvalue weighted by molar-refractivity contribution is -0.214. The molecule has 0 atom stereocenters. The minimum atomic E-state index is -3.42. The normalized spacial score (nSPS) is 12.4. The molecule has 0 spiro atoms. The van der Waals surface area contributed by atoms with Crippen molar-refractivity contribution in [3.8, 4) is 0 Å². The zero-order valence-electron chi connectivity index (χ0n) is 8.08. The molecule has 0 aliphatic rings. The standard InChI is InChI=1S/C7H13N2O4P/c1-3-12-14(11,13-4-2)6-7(10)5-9-8/h5-6,10H,3-4H2,1-2H3. The number of allylic oxidation sites excluding steroid dienone is 1. The van der Waals surface area contributed by atoms with Crippen LogP contribution in [0.3, 0.4) is 0 Å². The van der Waals surface area contributed by atoms with Crippen molar-refractivity contribution >= 4 is 14.2 Å². The topological polar surface area (TPSA) is 98.2 Å². The van der Waals surface area contributed by atoms with E-state index in [2.05, 4.69) is 4.79 Å². The zero-order chi connectivity index (χ0) is 11.0. The van der Waals surface area contributed by atoms with Gasteiger partial charge in [-0.05, 0) is 13.8 Å². The second-order valence-electron chi connectivity index (χ2n) is 2.17. The van der Waals surface area contributed by atoms with Gasteiger partial charge in [0.1, 0.15) is 0 Å². The largest absolute Gasteiger partial charge is 0.627 e. The van der Waals surface area contributed by atoms with E-state index in [4.69, 9.17) is 19.7 Å². The summed E-state index contributed by atoms with van der Waals surface area (Å²) in [6.07, 6.45) is 0.727. The number of hydrogen-bond acceptors (Lipinski definition) is 4. The Balaban J connectivity index is 4.63. The van der Waals surface area contributed by atoms with Crippen molar-refractivity contribution in [3.05, 3.63) is 17.1 Å². The van der Waals surface area contributed by atoms with Gasteiger partial charge in [-0.25, -0.2) is 9.05 Å². The van der Waals surface area contributed by atoms with Gasteiger partial charge in [0.15, 0.2) is 5.82 Å². The highest BCUT2D eigenvalue weighted by atomic mass is 31.2. The van der Waals surface area contributed by atoms with Crippen LogP contribution < -0.4 is 4.89 Å². The monoisotopic (exact) mass is 220 g/mol. The predicted octanol–water partition coefficient (Wildman–Crippen LogP) is 0.882. The maximum absolute atomic E-state index is 11.7. The first kappa shape index (κ1) is 13.2. The summed E-state index contributed by atoms with van der Waals surface area (Å²) in [6, 6.07) is 0. The second kappa shape index (κ2) is 6.65. The molecule has 0 unspecified atom stereocenters. The molecule has 0 aromatic rings. The van der Waals surface area contributed by atoms with Crippen LogP contribution in [0.2, 0.25) is 0 Å². The van der Waals surface area contributed by atoms with Gasteiger partial charge < -0.3 is 15.5 Å². The molecule has 0 aromatic carbocycles. The average Bonchev–Trinajstić information content (AvgIpc) is 2.04. The predicted molar refractivity (Wildman–Crippen MR) is 50.6 cm³/mol. The van der Waals surface area contributed by atoms with Crippen LogP contribution in [-0.4, -0.2) is 29.3 Å². The molecule has 0 heterocycles. The van der Waals surface area contributed by atoms with Gasteiger partial charge in [0.05, 0.1) is 13.2 Å². The molecule has 0 fully saturated rings. The maximum Gasteiger partial charge on any atom is 0.325 e. The number of hydrogen-bond donors (Lipinski definition) is 1. The molecule has 0 aliphatic heterocycles. The highest BCUT2D eigenvalue weighted by Crippen LogP contribution is 2.54. The Morgan fingerprint density at radius 2 is 2.00 bits per heavy atom. The Hall–Kier alpha value is -0.770. The molecule has 80 valence electrons. The van der Waals surface area contributed by atoms with E-state index in [0.717, 1.165) is 12.0 Å². The number of aliphatic hydroxyl groups excluding tert-OH is 1. The summed E-state index contributed by atoms with van der Waals surface area (Å²) >= 11 is 0. The van der Waals surface area contributed by atoms with Crippen molar-refractivity contribution in [2.75, 3.05) is 13.2 Å². The third kappa shape index (κ3) is 5.07. The first-order chi connectivity index (χ1) is 6.58. The zero-order valence-corrected chi connectivity index (χ0v) is 8.98. The van der Waals surface area contributed by atoms with Gasteiger partial charge in [-0.3, -0.25) is 0 Å². The van der Waals surface area contributed by atoms with Crippen LogP contribution in [-0.2, 0) is 9.05 Å². The van der Waals surface area contributed by atoms with Gasteiger partial charge in [-0.15, -0.1) is 0 Å². The van der Waals surface area contributed by atoms with E-state index < -0.39 is 13.7 Å². The van der Waals surface area contributed by atoms with E-state index >= 15 is 0 Å². The summed E-state index contributed by atoms with van der Waals surface area (Å²) in [5, 5.41) is 9.06. The van der Waals surface area contributed by atoms with Crippen LogP contribution in [0.25, 0.3) is 5.53 Å². The summed E-state index contributed by atoms with van der Waals surface area (Å²) in [7, 11) is -3.42. The molecule has 0 bridgehead atoms. The van der Waals surface area contributed by atoms with Crippen LogP contribution in [0.5, 0.6) is 0 Å². The van der Waals surface area contributed by atoms with Gasteiger partial charge in [0, 0.05) is 0 Å². The molecule has 0 radical (unpaired) electrons. The molecular weight excluding hydrogens is 207 g/mol. The molecule has 6 nitrogen and oxygen atoms in total. The van der Waals surface area contributed by atoms with Crippen molar-refractivity contribution in [2.45, 2.75) is 13.8 Å². The molecule has 0 aliphatic carbocycles. The Morgan fingerprint density at radius 1 is 1.50 bits per heavy atom. The molecule has 0 rings (SSSR count). The Bertz CT molecular complexity index is 244. The highest BCUT2D eigenvalue weighted by molar-refractivity contribution is 7.62. The molecule has 0 aromatic heterocycles. The molecule has 14 heavy (non-hydrogen) atoms. The molecule has 1 N–H and O–H groups in total. The van der Waals surface area contributed by atoms with Gasteiger partial charge >= 0.3 is 6.21 Å². The highest BCUT2D eigenvalue weighted by Gasteiger charge is 2.28. The van der Waals surface area contributed by atoms with Gasteiger partial charge in [0.2, 0.25) is 5.76 Å². The Kier molecular flexibility index (Phi) is 6.28. The summed E-state index contributed by atoms with van der Waals surface area (Å²) in [5.41, 5.74) is 8.09. The Morgan fingerprint density at radius 3 is 2.36 bits per heavy atom. The number of nitrogens with zero attached hydrogens (tertiary/aromatic N) is 2. The van der Waals surface area contributed by atoms with Crippen LogP contribution in [0.1, 0.15) is 13.8 Å². The first-order valence-corrected chi connectivity index (χ1v) is 5.67. The summed E-state index contributed by atoms with van der Waals surface area (Å²) in [6.45, 7) is 3.68. The Labute approximate surface area is 83.0 Å². The van der Waals surface area contributed by atoms with Crippen molar-refractivity contribution in [2.24, 2.45) is 0 Å². The van der Waals surface area contributed by atoms with Crippen LogP contribution in [0.4, 0.5) is 0 Å². The van der Waals surface area contributed by atoms with E-state index in [1.54, 1.807) is 13.8 Å². The van der Waals surface area contributed by atoms with Crippen molar-refractivity contribution in [1.82, 2.24) is 0 Å². The smallest absolute Gasteiger partial charge is 0.325 e. The van der Waals surface area contributed by atoms with Crippen molar-refractivity contribution in [1.29, 1.82) is 0 Å². The number of rotatable bonds is 6. The molecule has 7 heteroatoms. The molecule has 0 amide bonds. The molecular formula is C7H13N2O4P. The molecule has 0 saturated heterocycles. The number of aliphatic hydroxyl groups is 1. The van der Waals surface area contributed by atoms with Crippen molar-refractivity contribution < 1.29 is 23.8 Å². The quantitative estimate of drug-likeness (QED) is 0.236. The van der Waals surface area contributed by atoms with Gasteiger partial charge in [0.25, 0.3) is 7.94 Å². The summed E-state index contributed by atoms with van der Waals surface area (Å²) in [5.74, 6) is 0.414. The SMILES string of the molecule is CCO[P+]([O-])(C=C(O)C=[N+]=[N-])OCC. The minimum absolute atomic E-state index is 0.192. The fourth-order valence-electron chi connectivity index (χ4n) is 0.726. The second-order valence-corrected chi connectivity index (χ2v) is 4.03. The first-order valence-electron chi connectivity index (χ1n) is 4.06. The van der Waals surface area contributed by atoms with Gasteiger partial charge in [-0.2, -0.15) is 4.79 Å². The van der Waals surface area contributed by atoms with Crippen LogP contribution >= 0.6 is 7.94 Å². The van der Waals surface area contributed by atoms with Crippen LogP contribution in [0, 0.1) is 0 Å². The van der Waals surface area contributed by atoms with E-state index in [-0.39, 0.29) is 13.2 Å². The summed E-state index contributed by atoms with van der Waals surface area (Å²) in [4.78, 5) is 14.2. The molecule has 0 saturated carbocycles. The van der Waals surface area contributed by atoms with Gasteiger partial charge in [-0.1, -0.05) is 0 Å². The summed E-state index contributed by atoms with van der Waals surface area (Å²) < 4.78 is 9.68. The fourth-order valence-corrected chi connectivity index (χ4v) is 2.06. The van der Waals surface area contributed by atoms with E-state index in [9.17, 15) is 4.89 Å². The fraction of sp³-hybridized carbons (Fsp3) is 0.571. The lowest BCUT2D eigenvalue weighted by Gasteiger charge is -2.21. The average molecular weight is 220 g/mol. The minimum Gasteiger partial charge on any atom is -0.627 e. The third-order valence-corrected chi connectivity index (χ3v) is 2.92. The van der Waals surface area contributed by atoms with E-state index in [1.165, 1.54) is 0 Å². The maximum atomic E-state index is 11.7. The van der Waals surface area contributed by atoms with Crippen molar-refractivity contribution in [3.63, 3.8) is 0 Å². The van der Waals surface area contributed by atoms with Crippen LogP contribution in [0.15, 0.2) is 11.6 Å². The lowest BCUT2D eigenvalue weighted by Crippen LogP contribution is -2.14.